The molecule has 0 aromatic heterocycles. The molecule has 0 spiro atoms. The van der Waals surface area contributed by atoms with Gasteiger partial charge in [0.2, 0.25) is 21.8 Å². The predicted octanol–water partition coefficient (Wildman–Crippen LogP) is 5.17. The van der Waals surface area contributed by atoms with Gasteiger partial charge in [-0.15, -0.1) is 0 Å². The maximum Gasteiger partial charge on any atom is 0.244 e. The normalized spacial score (nSPS) is 12.7. The van der Waals surface area contributed by atoms with E-state index in [0.717, 1.165) is 32.6 Å². The number of ether oxygens (including phenoxy) is 1. The largest absolute Gasteiger partial charge is 0.494 e. The summed E-state index contributed by atoms with van der Waals surface area (Å²) in [5.41, 5.74) is 2.02. The van der Waals surface area contributed by atoms with Crippen LogP contribution in [0.1, 0.15) is 38.3 Å². The molecule has 1 N–H and O–H groups in total. The van der Waals surface area contributed by atoms with Gasteiger partial charge in [-0.1, -0.05) is 65.3 Å². The molecule has 3 aromatic carbocycles. The monoisotopic (exact) mass is 643 g/mol. The van der Waals surface area contributed by atoms with Crippen molar-refractivity contribution < 1.29 is 22.7 Å². The van der Waals surface area contributed by atoms with Crippen LogP contribution >= 0.6 is 15.9 Å². The molecule has 0 bridgehead atoms. The summed E-state index contributed by atoms with van der Waals surface area (Å²) in [6.45, 7) is 5.88. The first-order valence-corrected chi connectivity index (χ1v) is 16.2. The molecule has 0 aliphatic carbocycles. The highest BCUT2D eigenvalue weighted by Gasteiger charge is 2.33. The minimum atomic E-state index is -3.84. The first kappa shape index (κ1) is 32.1. The summed E-state index contributed by atoms with van der Waals surface area (Å²) < 4.78 is 33.3. The number of amides is 2. The molecule has 41 heavy (non-hydrogen) atoms. The van der Waals surface area contributed by atoms with Gasteiger partial charge in [0.05, 0.1) is 18.6 Å². The van der Waals surface area contributed by atoms with E-state index in [4.69, 9.17) is 4.74 Å². The second-order valence-electron chi connectivity index (χ2n) is 9.87. The average molecular weight is 645 g/mol. The number of carbonyl (C=O) groups excluding carboxylic acids is 2. The van der Waals surface area contributed by atoms with Crippen molar-refractivity contribution in [2.24, 2.45) is 0 Å². The molecule has 0 saturated heterocycles. The van der Waals surface area contributed by atoms with E-state index < -0.39 is 28.5 Å². The minimum Gasteiger partial charge on any atom is -0.494 e. The highest BCUT2D eigenvalue weighted by Crippen LogP contribution is 2.23. The molecule has 220 valence electrons. The summed E-state index contributed by atoms with van der Waals surface area (Å²) in [6.07, 6.45) is 2.06. The van der Waals surface area contributed by atoms with E-state index in [1.54, 1.807) is 24.3 Å². The summed E-state index contributed by atoms with van der Waals surface area (Å²) in [5, 5.41) is 3.03. The maximum absolute atomic E-state index is 14.1. The number of hydrogen-bond donors (Lipinski definition) is 1. The van der Waals surface area contributed by atoms with E-state index >= 15 is 0 Å². The van der Waals surface area contributed by atoms with Crippen molar-refractivity contribution in [2.75, 3.05) is 23.7 Å². The number of hydrogen-bond acceptors (Lipinski definition) is 5. The fraction of sp³-hybridized carbons (Fsp3) is 0.355. The number of nitrogens with zero attached hydrogens (tertiary/aromatic N) is 2. The zero-order chi connectivity index (χ0) is 30.0. The molecule has 0 aliphatic heterocycles. The number of benzene rings is 3. The van der Waals surface area contributed by atoms with Crippen LogP contribution in [0.15, 0.2) is 83.3 Å². The lowest BCUT2D eigenvalue weighted by Gasteiger charge is -2.34. The van der Waals surface area contributed by atoms with E-state index in [-0.39, 0.29) is 24.9 Å². The molecular formula is C31H38BrN3O5S. The Morgan fingerprint density at radius 1 is 0.927 bits per heavy atom. The molecule has 3 aromatic rings. The third-order valence-corrected chi connectivity index (χ3v) is 8.32. The van der Waals surface area contributed by atoms with Gasteiger partial charge in [-0.05, 0) is 67.8 Å². The van der Waals surface area contributed by atoms with E-state index in [1.165, 1.54) is 4.90 Å². The second kappa shape index (κ2) is 15.0. The highest BCUT2D eigenvalue weighted by atomic mass is 79.9. The standard InChI is InChI=1S/C31H38BrN3O5S/c1-5-23(3)33-31(37)29(20-24-10-8-7-9-11-24)34(21-25-12-14-26(32)15-13-25)30(36)22-35(41(4,38)39)27-16-18-28(19-17-27)40-6-2/h7-19,23,29H,5-6,20-22H2,1-4H3,(H,33,37)/t23-,29-/m1/s1. The zero-order valence-corrected chi connectivity index (χ0v) is 26.3. The Hall–Kier alpha value is -3.37. The Bertz CT molecular complexity index is 1380. The lowest BCUT2D eigenvalue weighted by atomic mass is 10.0. The predicted molar refractivity (Wildman–Crippen MR) is 166 cm³/mol. The fourth-order valence-electron chi connectivity index (χ4n) is 4.27. The quantitative estimate of drug-likeness (QED) is 0.262. The molecule has 0 aliphatic rings. The summed E-state index contributed by atoms with van der Waals surface area (Å²) >= 11 is 3.44. The molecule has 10 heteroatoms. The van der Waals surface area contributed by atoms with Gasteiger partial charge in [0.1, 0.15) is 18.3 Å². The van der Waals surface area contributed by atoms with Crippen LogP contribution in [0, 0.1) is 0 Å². The van der Waals surface area contributed by atoms with Crippen LogP contribution in [0.2, 0.25) is 0 Å². The third-order valence-electron chi connectivity index (χ3n) is 6.65. The van der Waals surface area contributed by atoms with Crippen molar-refractivity contribution in [3.05, 3.63) is 94.5 Å². The van der Waals surface area contributed by atoms with Gasteiger partial charge >= 0.3 is 0 Å². The van der Waals surface area contributed by atoms with Gasteiger partial charge in [0.15, 0.2) is 0 Å². The topological polar surface area (TPSA) is 96.0 Å². The summed E-state index contributed by atoms with van der Waals surface area (Å²) in [5.74, 6) is -0.189. The number of sulfonamides is 1. The first-order chi connectivity index (χ1) is 19.5. The Balaban J connectivity index is 2.03. The van der Waals surface area contributed by atoms with Crippen LogP contribution in [0.3, 0.4) is 0 Å². The minimum absolute atomic E-state index is 0.0956. The van der Waals surface area contributed by atoms with Crippen molar-refractivity contribution in [3.63, 3.8) is 0 Å². The van der Waals surface area contributed by atoms with Gasteiger partial charge in [0.25, 0.3) is 0 Å². The van der Waals surface area contributed by atoms with Crippen LogP contribution in [0.4, 0.5) is 5.69 Å². The van der Waals surface area contributed by atoms with Gasteiger partial charge in [-0.25, -0.2) is 8.42 Å². The third kappa shape index (κ3) is 9.60. The van der Waals surface area contributed by atoms with Gasteiger partial charge in [0, 0.05) is 23.5 Å². The van der Waals surface area contributed by atoms with Crippen LogP contribution in [0.5, 0.6) is 5.75 Å². The Morgan fingerprint density at radius 3 is 2.12 bits per heavy atom. The number of anilines is 1. The molecule has 0 fully saturated rings. The highest BCUT2D eigenvalue weighted by molar-refractivity contribution is 9.10. The van der Waals surface area contributed by atoms with E-state index in [9.17, 15) is 18.0 Å². The smallest absolute Gasteiger partial charge is 0.244 e. The number of rotatable bonds is 14. The van der Waals surface area contributed by atoms with Gasteiger partial charge in [-0.2, -0.15) is 0 Å². The lowest BCUT2D eigenvalue weighted by molar-refractivity contribution is -0.140. The summed E-state index contributed by atoms with van der Waals surface area (Å²) in [7, 11) is -3.84. The molecule has 2 atom stereocenters. The van der Waals surface area contributed by atoms with Crippen LogP contribution in [-0.2, 0) is 32.6 Å². The molecular weight excluding hydrogens is 606 g/mol. The Morgan fingerprint density at radius 2 is 1.56 bits per heavy atom. The van der Waals surface area contributed by atoms with E-state index in [1.807, 2.05) is 75.4 Å². The number of carbonyl (C=O) groups is 2. The van der Waals surface area contributed by atoms with Crippen LogP contribution in [-0.4, -0.2) is 56.6 Å². The molecule has 3 rings (SSSR count). The molecule has 0 radical (unpaired) electrons. The average Bonchev–Trinajstić information content (AvgIpc) is 2.95. The molecule has 0 saturated carbocycles. The van der Waals surface area contributed by atoms with Crippen molar-refractivity contribution in [1.29, 1.82) is 0 Å². The molecule has 0 heterocycles. The SMILES string of the molecule is CCOc1ccc(N(CC(=O)N(Cc2ccc(Br)cc2)[C@H](Cc2ccccc2)C(=O)N[C@H](C)CC)S(C)(=O)=O)cc1. The van der Waals surface area contributed by atoms with E-state index in [2.05, 4.69) is 21.2 Å². The Kier molecular flexibility index (Phi) is 11.8. The molecule has 0 unspecified atom stereocenters. The molecule has 2 amide bonds. The number of halogens is 1. The molecule has 8 nitrogen and oxygen atoms in total. The van der Waals surface area contributed by atoms with Crippen molar-refractivity contribution in [3.8, 4) is 5.75 Å². The lowest BCUT2D eigenvalue weighted by Crippen LogP contribution is -2.54. The van der Waals surface area contributed by atoms with Crippen molar-refractivity contribution in [2.45, 2.75) is 52.2 Å². The summed E-state index contributed by atoms with van der Waals surface area (Å²) in [4.78, 5) is 29.3. The fourth-order valence-corrected chi connectivity index (χ4v) is 5.38. The van der Waals surface area contributed by atoms with Crippen LogP contribution < -0.4 is 14.4 Å². The second-order valence-corrected chi connectivity index (χ2v) is 12.7. The van der Waals surface area contributed by atoms with Crippen molar-refractivity contribution >= 4 is 43.5 Å². The number of nitrogens with one attached hydrogen (secondary N) is 1. The Labute approximate surface area is 251 Å². The van der Waals surface area contributed by atoms with E-state index in [0.29, 0.717) is 18.0 Å². The van der Waals surface area contributed by atoms with Crippen LogP contribution in [0.25, 0.3) is 0 Å². The van der Waals surface area contributed by atoms with Gasteiger partial charge < -0.3 is 15.0 Å². The van der Waals surface area contributed by atoms with Gasteiger partial charge in [-0.3, -0.25) is 13.9 Å². The zero-order valence-electron chi connectivity index (χ0n) is 23.9. The van der Waals surface area contributed by atoms with Crippen molar-refractivity contribution in [1.82, 2.24) is 10.2 Å². The first-order valence-electron chi connectivity index (χ1n) is 13.6. The maximum atomic E-state index is 14.1. The summed E-state index contributed by atoms with van der Waals surface area (Å²) in [6, 6.07) is 22.5.